The van der Waals surface area contributed by atoms with Gasteiger partial charge in [0.2, 0.25) is 5.95 Å². The molecular weight excluding hydrogens is 324 g/mol. The van der Waals surface area contributed by atoms with Crippen molar-refractivity contribution in [2.24, 2.45) is 0 Å². The highest BCUT2D eigenvalue weighted by atomic mass is 16.3. The lowest BCUT2D eigenvalue weighted by atomic mass is 10.1. The van der Waals surface area contributed by atoms with Crippen LogP contribution in [0.4, 0.5) is 5.95 Å². The van der Waals surface area contributed by atoms with E-state index in [0.717, 1.165) is 39.1 Å². The molecule has 0 aliphatic carbocycles. The molecule has 2 aromatic carbocycles. The highest BCUT2D eigenvalue weighted by Gasteiger charge is 2.11. The van der Waals surface area contributed by atoms with Gasteiger partial charge in [-0.3, -0.25) is 0 Å². The van der Waals surface area contributed by atoms with Crippen molar-refractivity contribution in [2.45, 2.75) is 13.0 Å². The average molecular weight is 342 g/mol. The van der Waals surface area contributed by atoms with E-state index in [9.17, 15) is 5.11 Å². The molecule has 5 heteroatoms. The molecule has 5 nitrogen and oxygen atoms in total. The summed E-state index contributed by atoms with van der Waals surface area (Å²) in [5, 5.41) is 9.20. The second kappa shape index (κ2) is 6.90. The third-order valence-electron chi connectivity index (χ3n) is 4.28. The Hall–Kier alpha value is -3.31. The largest absolute Gasteiger partial charge is 0.392 e. The van der Waals surface area contributed by atoms with Gasteiger partial charge in [-0.2, -0.15) is 0 Å². The molecule has 4 rings (SSSR count). The molecule has 0 saturated carbocycles. The molecule has 0 unspecified atom stereocenters. The first-order chi connectivity index (χ1) is 12.7. The van der Waals surface area contributed by atoms with Gasteiger partial charge in [0.1, 0.15) is 5.52 Å². The Labute approximate surface area is 151 Å². The van der Waals surface area contributed by atoms with E-state index >= 15 is 0 Å². The van der Waals surface area contributed by atoms with Crippen LogP contribution in [0.15, 0.2) is 66.7 Å². The smallest absolute Gasteiger partial charge is 0.220 e. The fraction of sp³-hybridized carbons (Fsp3) is 0.0952. The van der Waals surface area contributed by atoms with Crippen LogP contribution in [0.1, 0.15) is 16.8 Å². The standard InChI is InChI=1S/C21H18N4O/c22-21-24-18-11-10-17(16-8-6-15(13-26)7-9-16)23-20(18)19(25-21)12-14-4-2-1-3-5-14/h1-11,26H,12-13H2,(H2,22,24,25). The first-order valence-corrected chi connectivity index (χ1v) is 8.40. The number of pyridine rings is 1. The van der Waals surface area contributed by atoms with Crippen molar-refractivity contribution in [3.05, 3.63) is 83.6 Å². The van der Waals surface area contributed by atoms with Gasteiger partial charge in [0.05, 0.1) is 23.5 Å². The summed E-state index contributed by atoms with van der Waals surface area (Å²) in [6.45, 7) is 0.0275. The number of hydrogen-bond donors (Lipinski definition) is 2. The van der Waals surface area contributed by atoms with Crippen LogP contribution >= 0.6 is 0 Å². The molecular formula is C21H18N4O. The summed E-state index contributed by atoms with van der Waals surface area (Å²) in [6.07, 6.45) is 0.643. The summed E-state index contributed by atoms with van der Waals surface area (Å²) in [5.41, 5.74) is 12.0. The van der Waals surface area contributed by atoms with Crippen molar-refractivity contribution >= 4 is 17.0 Å². The van der Waals surface area contributed by atoms with Crippen molar-refractivity contribution in [3.8, 4) is 11.3 Å². The van der Waals surface area contributed by atoms with Gasteiger partial charge in [-0.1, -0.05) is 54.6 Å². The van der Waals surface area contributed by atoms with E-state index in [2.05, 4.69) is 22.1 Å². The minimum atomic E-state index is 0.0275. The SMILES string of the molecule is Nc1nc(Cc2ccccc2)c2nc(-c3ccc(CO)cc3)ccc2n1. The van der Waals surface area contributed by atoms with Crippen molar-refractivity contribution in [2.75, 3.05) is 5.73 Å². The molecule has 2 heterocycles. The fourth-order valence-electron chi connectivity index (χ4n) is 2.95. The van der Waals surface area contributed by atoms with Gasteiger partial charge in [0.15, 0.2) is 0 Å². The summed E-state index contributed by atoms with van der Waals surface area (Å²) >= 11 is 0. The third-order valence-corrected chi connectivity index (χ3v) is 4.28. The lowest BCUT2D eigenvalue weighted by molar-refractivity contribution is 0.282. The van der Waals surface area contributed by atoms with Gasteiger partial charge in [0.25, 0.3) is 0 Å². The summed E-state index contributed by atoms with van der Waals surface area (Å²) in [7, 11) is 0. The Bertz CT molecular complexity index is 1050. The highest BCUT2D eigenvalue weighted by Crippen LogP contribution is 2.24. The number of hydrogen-bond acceptors (Lipinski definition) is 5. The lowest BCUT2D eigenvalue weighted by Crippen LogP contribution is -2.03. The molecule has 3 N–H and O–H groups in total. The molecule has 0 saturated heterocycles. The molecule has 26 heavy (non-hydrogen) atoms. The Kier molecular flexibility index (Phi) is 4.29. The van der Waals surface area contributed by atoms with Crippen LogP contribution in [-0.2, 0) is 13.0 Å². The van der Waals surface area contributed by atoms with Gasteiger partial charge in [0, 0.05) is 12.0 Å². The number of benzene rings is 2. The lowest BCUT2D eigenvalue weighted by Gasteiger charge is -2.09. The van der Waals surface area contributed by atoms with E-state index in [1.165, 1.54) is 0 Å². The van der Waals surface area contributed by atoms with E-state index in [-0.39, 0.29) is 12.6 Å². The molecule has 0 amide bonds. The van der Waals surface area contributed by atoms with Crippen molar-refractivity contribution in [3.63, 3.8) is 0 Å². The van der Waals surface area contributed by atoms with E-state index in [1.54, 1.807) is 0 Å². The minimum absolute atomic E-state index is 0.0275. The highest BCUT2D eigenvalue weighted by molar-refractivity contribution is 5.81. The van der Waals surface area contributed by atoms with Crippen LogP contribution in [0.3, 0.4) is 0 Å². The first kappa shape index (κ1) is 16.2. The second-order valence-corrected chi connectivity index (χ2v) is 6.11. The number of nitrogens with zero attached hydrogens (tertiary/aromatic N) is 3. The molecule has 0 radical (unpaired) electrons. The van der Waals surface area contributed by atoms with Crippen molar-refractivity contribution in [1.29, 1.82) is 0 Å². The van der Waals surface area contributed by atoms with Gasteiger partial charge >= 0.3 is 0 Å². The molecule has 4 aromatic rings. The number of nitrogens with two attached hydrogens (primary N) is 1. The maximum Gasteiger partial charge on any atom is 0.220 e. The summed E-state index contributed by atoms with van der Waals surface area (Å²) in [5.74, 6) is 0.255. The van der Waals surface area contributed by atoms with Crippen LogP contribution in [0.25, 0.3) is 22.3 Å². The molecule has 0 fully saturated rings. The summed E-state index contributed by atoms with van der Waals surface area (Å²) in [6, 6.07) is 21.7. The Balaban J connectivity index is 1.80. The molecule has 0 atom stereocenters. The topological polar surface area (TPSA) is 84.9 Å². The van der Waals surface area contributed by atoms with Crippen LogP contribution in [0.2, 0.25) is 0 Å². The van der Waals surface area contributed by atoms with E-state index in [0.29, 0.717) is 6.42 Å². The zero-order valence-corrected chi connectivity index (χ0v) is 14.1. The molecule has 0 bridgehead atoms. The summed E-state index contributed by atoms with van der Waals surface area (Å²) in [4.78, 5) is 13.5. The Morgan fingerprint density at radius 3 is 2.27 bits per heavy atom. The monoisotopic (exact) mass is 342 g/mol. The van der Waals surface area contributed by atoms with Gasteiger partial charge in [-0.15, -0.1) is 0 Å². The third kappa shape index (κ3) is 3.25. The number of fused-ring (bicyclic) bond motifs is 1. The van der Waals surface area contributed by atoms with Gasteiger partial charge in [-0.25, -0.2) is 15.0 Å². The Morgan fingerprint density at radius 1 is 0.769 bits per heavy atom. The second-order valence-electron chi connectivity index (χ2n) is 6.11. The summed E-state index contributed by atoms with van der Waals surface area (Å²) < 4.78 is 0. The van der Waals surface area contributed by atoms with Crippen molar-refractivity contribution in [1.82, 2.24) is 15.0 Å². The number of aliphatic hydroxyl groups is 1. The molecule has 2 aromatic heterocycles. The maximum atomic E-state index is 9.20. The van der Waals surface area contributed by atoms with E-state index in [1.807, 2.05) is 54.6 Å². The number of anilines is 1. The van der Waals surface area contributed by atoms with E-state index in [4.69, 9.17) is 10.7 Å². The number of aromatic nitrogens is 3. The van der Waals surface area contributed by atoms with Crippen molar-refractivity contribution < 1.29 is 5.11 Å². The first-order valence-electron chi connectivity index (χ1n) is 8.40. The van der Waals surface area contributed by atoms with Gasteiger partial charge in [-0.05, 0) is 23.3 Å². The average Bonchev–Trinajstić information content (AvgIpc) is 2.68. The Morgan fingerprint density at radius 2 is 1.54 bits per heavy atom. The number of nitrogen functional groups attached to an aromatic ring is 1. The maximum absolute atomic E-state index is 9.20. The van der Waals surface area contributed by atoms with E-state index < -0.39 is 0 Å². The van der Waals surface area contributed by atoms with Crippen LogP contribution in [0, 0.1) is 0 Å². The molecule has 128 valence electrons. The van der Waals surface area contributed by atoms with Crippen LogP contribution < -0.4 is 5.73 Å². The number of aliphatic hydroxyl groups excluding tert-OH is 1. The van der Waals surface area contributed by atoms with Gasteiger partial charge < -0.3 is 10.8 Å². The molecule has 0 aliphatic heterocycles. The zero-order valence-electron chi connectivity index (χ0n) is 14.1. The molecule has 0 spiro atoms. The predicted molar refractivity (Wildman–Crippen MR) is 102 cm³/mol. The minimum Gasteiger partial charge on any atom is -0.392 e. The zero-order chi connectivity index (χ0) is 17.9. The number of rotatable bonds is 4. The predicted octanol–water partition coefficient (Wildman–Crippen LogP) is 3.36. The molecule has 0 aliphatic rings. The van der Waals surface area contributed by atoms with Crippen LogP contribution in [-0.4, -0.2) is 20.1 Å². The normalized spacial score (nSPS) is 11.0. The fourth-order valence-corrected chi connectivity index (χ4v) is 2.95. The van der Waals surface area contributed by atoms with Crippen LogP contribution in [0.5, 0.6) is 0 Å². The quantitative estimate of drug-likeness (QED) is 0.594.